The highest BCUT2D eigenvalue weighted by Crippen LogP contribution is 2.26. The number of nitrogens with zero attached hydrogens (tertiary/aromatic N) is 6. The van der Waals surface area contributed by atoms with Crippen molar-refractivity contribution in [2.75, 3.05) is 44.2 Å². The lowest BCUT2D eigenvalue weighted by Crippen LogP contribution is -2.35. The molecule has 2 aromatic rings. The Hall–Kier alpha value is -3.18. The van der Waals surface area contributed by atoms with E-state index in [0.717, 1.165) is 70.2 Å². The maximum atomic E-state index is 10.6. The molecule has 0 unspecified atom stereocenters. The first-order chi connectivity index (χ1) is 18.7. The van der Waals surface area contributed by atoms with E-state index in [9.17, 15) is 26.3 Å². The lowest BCUT2D eigenvalue weighted by Gasteiger charge is -2.32. The number of carboxylic acids is 2. The summed E-state index contributed by atoms with van der Waals surface area (Å²) < 4.78 is 65.5. The van der Waals surface area contributed by atoms with Crippen LogP contribution in [-0.4, -0.2) is 98.7 Å². The molecule has 2 aliphatic rings. The van der Waals surface area contributed by atoms with Crippen molar-refractivity contribution in [1.82, 2.24) is 30.2 Å². The number of anilines is 1. The number of pyridine rings is 1. The summed E-state index contributed by atoms with van der Waals surface area (Å²) in [4.78, 5) is 27.0. The van der Waals surface area contributed by atoms with Crippen LogP contribution < -0.4 is 10.2 Å². The second-order valence-electron chi connectivity index (χ2n) is 8.71. The molecule has 2 aliphatic heterocycles. The van der Waals surface area contributed by atoms with Crippen LogP contribution in [0.4, 0.5) is 32.2 Å². The zero-order valence-corrected chi connectivity index (χ0v) is 21.8. The monoisotopic (exact) mass is 603 g/mol. The minimum absolute atomic E-state index is 0.414. The zero-order chi connectivity index (χ0) is 29.9. The number of aromatic nitrogens is 4. The van der Waals surface area contributed by atoms with E-state index in [2.05, 4.69) is 41.3 Å². The topological polar surface area (TPSA) is 137 Å². The molecule has 3 N–H and O–H groups in total. The summed E-state index contributed by atoms with van der Waals surface area (Å²) in [5.41, 5.74) is 1.07. The first-order valence-corrected chi connectivity index (χ1v) is 12.4. The highest BCUT2D eigenvalue weighted by atomic mass is 35.5. The number of carboxylic acid groups (broad SMARTS) is 2. The Kier molecular flexibility index (Phi) is 12.4. The smallest absolute Gasteiger partial charge is 0.475 e. The molecule has 18 heteroatoms. The van der Waals surface area contributed by atoms with Crippen molar-refractivity contribution in [1.29, 1.82) is 0 Å². The summed E-state index contributed by atoms with van der Waals surface area (Å²) in [6.07, 6.45) is -4.74. The van der Waals surface area contributed by atoms with Gasteiger partial charge in [0, 0.05) is 32.7 Å². The van der Waals surface area contributed by atoms with Crippen LogP contribution in [0.3, 0.4) is 0 Å². The van der Waals surface area contributed by atoms with Gasteiger partial charge in [0.05, 0.1) is 17.9 Å². The Morgan fingerprint density at radius 1 is 0.975 bits per heavy atom. The molecule has 2 aromatic heterocycles. The van der Waals surface area contributed by atoms with Crippen molar-refractivity contribution in [3.05, 3.63) is 35.2 Å². The largest absolute Gasteiger partial charge is 0.490 e. The van der Waals surface area contributed by atoms with E-state index in [-0.39, 0.29) is 0 Å². The highest BCUT2D eigenvalue weighted by molar-refractivity contribution is 6.29. The van der Waals surface area contributed by atoms with E-state index in [0.29, 0.717) is 11.2 Å². The van der Waals surface area contributed by atoms with Crippen LogP contribution in [0.1, 0.15) is 31.0 Å². The molecule has 0 atom stereocenters. The van der Waals surface area contributed by atoms with Gasteiger partial charge in [-0.2, -0.15) is 26.3 Å². The Labute approximate surface area is 229 Å². The van der Waals surface area contributed by atoms with Crippen LogP contribution in [0.5, 0.6) is 0 Å². The van der Waals surface area contributed by atoms with E-state index in [1.807, 2.05) is 18.2 Å². The SMILES string of the molecule is Clc1cccc(N2CCC(n3cc(CN4CCCNCC4)nn3)CC2)n1.O=C(O)C(F)(F)F.O=C(O)C(F)(F)F. The van der Waals surface area contributed by atoms with Gasteiger partial charge in [0.25, 0.3) is 0 Å². The minimum atomic E-state index is -5.08. The second-order valence-corrected chi connectivity index (χ2v) is 9.10. The summed E-state index contributed by atoms with van der Waals surface area (Å²) in [6, 6.07) is 6.21. The van der Waals surface area contributed by atoms with Crippen LogP contribution in [0.25, 0.3) is 0 Å². The Balaban J connectivity index is 0.000000333. The number of rotatable bonds is 4. The zero-order valence-electron chi connectivity index (χ0n) is 21.0. The van der Waals surface area contributed by atoms with Crippen molar-refractivity contribution < 1.29 is 46.1 Å². The maximum absolute atomic E-state index is 10.6. The fraction of sp³-hybridized carbons (Fsp3) is 0.591. The molecule has 0 bridgehead atoms. The van der Waals surface area contributed by atoms with E-state index in [1.54, 1.807) is 0 Å². The summed E-state index contributed by atoms with van der Waals surface area (Å²) in [6.45, 7) is 7.21. The van der Waals surface area contributed by atoms with Gasteiger partial charge < -0.3 is 20.4 Å². The van der Waals surface area contributed by atoms with Gasteiger partial charge in [-0.1, -0.05) is 22.9 Å². The van der Waals surface area contributed by atoms with Gasteiger partial charge >= 0.3 is 24.3 Å². The van der Waals surface area contributed by atoms with Crippen molar-refractivity contribution in [2.45, 2.75) is 44.2 Å². The molecule has 4 rings (SSSR count). The number of piperidine rings is 1. The standard InChI is InChI=1S/C18H26ClN7.2C2HF3O2/c19-17-3-1-4-18(21-17)25-10-5-16(6-11-25)26-14-15(22-23-26)13-24-9-2-7-20-8-12-24;2*3-2(4,5)1(6)7/h1,3-4,14,16,20H,2,5-13H2;2*(H,6,7). The van der Waals surface area contributed by atoms with E-state index in [1.165, 1.54) is 6.42 Å². The number of aliphatic carboxylic acids is 2. The molecule has 0 radical (unpaired) electrons. The van der Waals surface area contributed by atoms with E-state index < -0.39 is 24.3 Å². The van der Waals surface area contributed by atoms with Crippen LogP contribution in [0, 0.1) is 0 Å². The van der Waals surface area contributed by atoms with Crippen LogP contribution in [-0.2, 0) is 16.1 Å². The number of nitrogens with one attached hydrogen (secondary N) is 1. The van der Waals surface area contributed by atoms with Crippen molar-refractivity contribution in [2.24, 2.45) is 0 Å². The molecule has 2 saturated heterocycles. The first-order valence-electron chi connectivity index (χ1n) is 12.0. The van der Waals surface area contributed by atoms with Crippen molar-refractivity contribution in [3.8, 4) is 0 Å². The van der Waals surface area contributed by atoms with Crippen LogP contribution >= 0.6 is 11.6 Å². The number of carbonyl (C=O) groups is 2. The lowest BCUT2D eigenvalue weighted by atomic mass is 10.1. The quantitative estimate of drug-likeness (QED) is 0.353. The predicted molar refractivity (Wildman–Crippen MR) is 130 cm³/mol. The summed E-state index contributed by atoms with van der Waals surface area (Å²) in [5, 5.41) is 27.1. The third-order valence-corrected chi connectivity index (χ3v) is 5.93. The predicted octanol–water partition coefficient (Wildman–Crippen LogP) is 3.23. The number of hydrogen-bond donors (Lipinski definition) is 3. The average Bonchev–Trinajstić information content (AvgIpc) is 3.18. The van der Waals surface area contributed by atoms with Gasteiger partial charge in [0.15, 0.2) is 0 Å². The van der Waals surface area contributed by atoms with E-state index in [4.69, 9.17) is 31.4 Å². The molecule has 0 amide bonds. The molecule has 11 nitrogen and oxygen atoms in total. The average molecular weight is 604 g/mol. The minimum Gasteiger partial charge on any atom is -0.475 e. The van der Waals surface area contributed by atoms with E-state index >= 15 is 0 Å². The molecule has 4 heterocycles. The Morgan fingerprint density at radius 2 is 1.57 bits per heavy atom. The van der Waals surface area contributed by atoms with Crippen molar-refractivity contribution >= 4 is 29.4 Å². The molecule has 2 fully saturated rings. The van der Waals surface area contributed by atoms with Gasteiger partial charge in [-0.25, -0.2) is 19.3 Å². The number of alkyl halides is 6. The lowest BCUT2D eigenvalue weighted by molar-refractivity contribution is -0.193. The molecular formula is C22H28ClF6N7O4. The van der Waals surface area contributed by atoms with Gasteiger partial charge in [0.1, 0.15) is 11.0 Å². The second kappa shape index (κ2) is 15.0. The van der Waals surface area contributed by atoms with Crippen LogP contribution in [0.2, 0.25) is 5.15 Å². The third kappa shape index (κ3) is 11.5. The first kappa shape index (κ1) is 33.0. The summed E-state index contributed by atoms with van der Waals surface area (Å²) in [7, 11) is 0. The van der Waals surface area contributed by atoms with Gasteiger partial charge in [-0.15, -0.1) is 5.10 Å². The Bertz CT molecular complexity index is 1060. The molecule has 224 valence electrons. The molecule has 40 heavy (non-hydrogen) atoms. The summed E-state index contributed by atoms with van der Waals surface area (Å²) >= 11 is 6.01. The van der Waals surface area contributed by atoms with Crippen LogP contribution in [0.15, 0.2) is 24.4 Å². The fourth-order valence-corrected chi connectivity index (χ4v) is 3.95. The number of halogens is 7. The third-order valence-electron chi connectivity index (χ3n) is 5.72. The molecule has 0 aliphatic carbocycles. The maximum Gasteiger partial charge on any atom is 0.490 e. The summed E-state index contributed by atoms with van der Waals surface area (Å²) in [5.74, 6) is -4.55. The van der Waals surface area contributed by atoms with Gasteiger partial charge in [-0.3, -0.25) is 4.90 Å². The van der Waals surface area contributed by atoms with Crippen molar-refractivity contribution in [3.63, 3.8) is 0 Å². The van der Waals surface area contributed by atoms with Gasteiger partial charge in [0.2, 0.25) is 0 Å². The highest BCUT2D eigenvalue weighted by Gasteiger charge is 2.38. The normalized spacial score (nSPS) is 17.1. The Morgan fingerprint density at radius 3 is 2.12 bits per heavy atom. The molecule has 0 aromatic carbocycles. The molecule has 0 spiro atoms. The molecule has 0 saturated carbocycles. The van der Waals surface area contributed by atoms with Gasteiger partial charge in [-0.05, 0) is 44.5 Å². The molecular weight excluding hydrogens is 576 g/mol. The number of hydrogen-bond acceptors (Lipinski definition) is 8. The fourth-order valence-electron chi connectivity index (χ4n) is 3.79.